The lowest BCUT2D eigenvalue weighted by Gasteiger charge is -2.21. The molecule has 1 aliphatic carbocycles. The summed E-state index contributed by atoms with van der Waals surface area (Å²) in [5.74, 6) is 0.723. The van der Waals surface area contributed by atoms with Crippen molar-refractivity contribution in [1.29, 1.82) is 0 Å². The number of carbonyl (C=O) groups is 1. The zero-order chi connectivity index (χ0) is 9.52. The fourth-order valence-corrected chi connectivity index (χ4v) is 1.81. The van der Waals surface area contributed by atoms with Crippen molar-refractivity contribution in [3.8, 4) is 0 Å². The number of rotatable bonds is 4. The molecule has 1 fully saturated rings. The molecule has 3 heteroatoms. The van der Waals surface area contributed by atoms with Crippen LogP contribution >= 0.6 is 12.6 Å². The highest BCUT2D eigenvalue weighted by Gasteiger charge is 2.16. The first-order valence-electron chi connectivity index (χ1n) is 5.13. The normalized spacial score (nSPS) is 18.5. The molecule has 0 bridgehead atoms. The summed E-state index contributed by atoms with van der Waals surface area (Å²) in [6, 6.07) is 0. The van der Waals surface area contributed by atoms with Crippen molar-refractivity contribution in [1.82, 2.24) is 0 Å². The van der Waals surface area contributed by atoms with E-state index in [9.17, 15) is 4.79 Å². The van der Waals surface area contributed by atoms with Crippen LogP contribution in [0.2, 0.25) is 0 Å². The number of hydrogen-bond acceptors (Lipinski definition) is 3. The maximum atomic E-state index is 11.2. The zero-order valence-electron chi connectivity index (χ0n) is 8.00. The van der Waals surface area contributed by atoms with Gasteiger partial charge in [-0.3, -0.25) is 4.79 Å². The van der Waals surface area contributed by atoms with E-state index in [0.717, 1.165) is 25.0 Å². The van der Waals surface area contributed by atoms with Gasteiger partial charge in [-0.2, -0.15) is 12.6 Å². The third-order valence-electron chi connectivity index (χ3n) is 2.39. The molecule has 76 valence electrons. The lowest BCUT2D eigenvalue weighted by atomic mass is 9.98. The summed E-state index contributed by atoms with van der Waals surface area (Å²) in [7, 11) is 0. The molecular weight excluding hydrogens is 184 g/mol. The average molecular weight is 202 g/mol. The summed E-state index contributed by atoms with van der Waals surface area (Å²) < 4.78 is 5.32. The lowest BCUT2D eigenvalue weighted by molar-refractivity contribution is -0.150. The van der Waals surface area contributed by atoms with E-state index in [2.05, 4.69) is 12.6 Å². The molecule has 0 N–H and O–H groups in total. The smallest absolute Gasteiger partial charge is 0.306 e. The first kappa shape index (κ1) is 10.9. The number of ether oxygens (including phenoxy) is 1. The highest BCUT2D eigenvalue weighted by Crippen LogP contribution is 2.20. The van der Waals surface area contributed by atoms with E-state index in [1.807, 2.05) is 0 Å². The summed E-state index contributed by atoms with van der Waals surface area (Å²) in [6.45, 7) is 0. The molecule has 0 atom stereocenters. The van der Waals surface area contributed by atoms with Crippen LogP contribution in [0.1, 0.15) is 44.9 Å². The lowest BCUT2D eigenvalue weighted by Crippen LogP contribution is -2.20. The molecule has 1 saturated carbocycles. The predicted octanol–water partition coefficient (Wildman–Crippen LogP) is 2.57. The van der Waals surface area contributed by atoms with Crippen molar-refractivity contribution in [2.75, 3.05) is 5.75 Å². The van der Waals surface area contributed by atoms with E-state index >= 15 is 0 Å². The van der Waals surface area contributed by atoms with E-state index in [1.54, 1.807) is 0 Å². The van der Waals surface area contributed by atoms with E-state index in [1.165, 1.54) is 19.3 Å². The number of thiol groups is 1. The largest absolute Gasteiger partial charge is 0.462 e. The molecule has 0 saturated heterocycles. The molecule has 0 radical (unpaired) electrons. The van der Waals surface area contributed by atoms with Crippen molar-refractivity contribution >= 4 is 18.6 Å². The Labute approximate surface area is 85.4 Å². The Morgan fingerprint density at radius 3 is 2.62 bits per heavy atom. The molecule has 0 spiro atoms. The van der Waals surface area contributed by atoms with Crippen LogP contribution in [0.25, 0.3) is 0 Å². The van der Waals surface area contributed by atoms with Crippen LogP contribution in [-0.4, -0.2) is 17.8 Å². The van der Waals surface area contributed by atoms with Crippen LogP contribution in [0, 0.1) is 0 Å². The minimum atomic E-state index is -0.0408. The average Bonchev–Trinajstić information content (AvgIpc) is 2.16. The minimum absolute atomic E-state index is 0.0408. The SMILES string of the molecule is O=C(CCCS)OC1CCCCC1. The molecule has 0 aromatic heterocycles. The Morgan fingerprint density at radius 2 is 2.00 bits per heavy atom. The fourth-order valence-electron chi connectivity index (χ4n) is 1.65. The van der Waals surface area contributed by atoms with Crippen molar-refractivity contribution in [2.45, 2.75) is 51.0 Å². The second-order valence-electron chi connectivity index (χ2n) is 3.58. The molecule has 2 nitrogen and oxygen atoms in total. The fraction of sp³-hybridized carbons (Fsp3) is 0.900. The van der Waals surface area contributed by atoms with Crippen LogP contribution < -0.4 is 0 Å². The molecule has 0 heterocycles. The van der Waals surface area contributed by atoms with E-state index in [0.29, 0.717) is 6.42 Å². The monoisotopic (exact) mass is 202 g/mol. The van der Waals surface area contributed by atoms with Gasteiger partial charge >= 0.3 is 5.97 Å². The van der Waals surface area contributed by atoms with E-state index in [-0.39, 0.29) is 12.1 Å². The molecule has 13 heavy (non-hydrogen) atoms. The molecule has 1 rings (SSSR count). The second kappa shape index (κ2) is 6.30. The molecule has 0 aliphatic heterocycles. The Kier molecular flexibility index (Phi) is 5.28. The summed E-state index contributed by atoms with van der Waals surface area (Å²) in [6.07, 6.45) is 7.41. The van der Waals surface area contributed by atoms with Crippen molar-refractivity contribution < 1.29 is 9.53 Å². The molecule has 0 aromatic rings. The van der Waals surface area contributed by atoms with Crippen molar-refractivity contribution in [2.24, 2.45) is 0 Å². The zero-order valence-corrected chi connectivity index (χ0v) is 8.89. The summed E-state index contributed by atoms with van der Waals surface area (Å²) in [4.78, 5) is 11.2. The summed E-state index contributed by atoms with van der Waals surface area (Å²) >= 11 is 4.05. The predicted molar refractivity (Wildman–Crippen MR) is 56.1 cm³/mol. The van der Waals surface area contributed by atoms with Crippen molar-refractivity contribution in [3.05, 3.63) is 0 Å². The molecular formula is C10H18O2S. The first-order valence-corrected chi connectivity index (χ1v) is 5.76. The number of carbonyl (C=O) groups excluding carboxylic acids is 1. The quantitative estimate of drug-likeness (QED) is 0.560. The number of hydrogen-bond donors (Lipinski definition) is 1. The standard InChI is InChI=1S/C10H18O2S/c11-10(7-4-8-13)12-9-5-2-1-3-6-9/h9,13H,1-8H2. The summed E-state index contributed by atoms with van der Waals surface area (Å²) in [5.41, 5.74) is 0. The first-order chi connectivity index (χ1) is 6.33. The van der Waals surface area contributed by atoms with Gasteiger partial charge in [-0.1, -0.05) is 6.42 Å². The van der Waals surface area contributed by atoms with Gasteiger partial charge in [0.1, 0.15) is 6.10 Å². The molecule has 0 aromatic carbocycles. The van der Waals surface area contributed by atoms with Gasteiger partial charge in [0.25, 0.3) is 0 Å². The van der Waals surface area contributed by atoms with Gasteiger partial charge in [0.05, 0.1) is 0 Å². The van der Waals surface area contributed by atoms with Gasteiger partial charge < -0.3 is 4.74 Å². The molecule has 0 amide bonds. The van der Waals surface area contributed by atoms with Crippen LogP contribution in [0.5, 0.6) is 0 Å². The van der Waals surface area contributed by atoms with Crippen LogP contribution in [-0.2, 0) is 9.53 Å². The number of esters is 1. The van der Waals surface area contributed by atoms with Gasteiger partial charge in [-0.25, -0.2) is 0 Å². The maximum absolute atomic E-state index is 11.2. The Bertz CT molecular complexity index is 153. The van der Waals surface area contributed by atoms with Crippen LogP contribution in [0.3, 0.4) is 0 Å². The van der Waals surface area contributed by atoms with Gasteiger partial charge in [0.15, 0.2) is 0 Å². The third kappa shape index (κ3) is 4.55. The van der Waals surface area contributed by atoms with Gasteiger partial charge in [-0.05, 0) is 37.9 Å². The van der Waals surface area contributed by atoms with E-state index in [4.69, 9.17) is 4.74 Å². The van der Waals surface area contributed by atoms with Gasteiger partial charge in [-0.15, -0.1) is 0 Å². The highest BCUT2D eigenvalue weighted by atomic mass is 32.1. The Hall–Kier alpha value is -0.180. The molecule has 1 aliphatic rings. The maximum Gasteiger partial charge on any atom is 0.306 e. The minimum Gasteiger partial charge on any atom is -0.462 e. The topological polar surface area (TPSA) is 26.3 Å². The van der Waals surface area contributed by atoms with Crippen LogP contribution in [0.15, 0.2) is 0 Å². The highest BCUT2D eigenvalue weighted by molar-refractivity contribution is 7.80. The Morgan fingerprint density at radius 1 is 1.31 bits per heavy atom. The van der Waals surface area contributed by atoms with Crippen LogP contribution in [0.4, 0.5) is 0 Å². The van der Waals surface area contributed by atoms with Gasteiger partial charge in [0.2, 0.25) is 0 Å². The summed E-state index contributed by atoms with van der Waals surface area (Å²) in [5, 5.41) is 0. The Balaban J connectivity index is 2.11. The second-order valence-corrected chi connectivity index (χ2v) is 4.02. The molecule has 0 unspecified atom stereocenters. The third-order valence-corrected chi connectivity index (χ3v) is 2.71. The van der Waals surface area contributed by atoms with Crippen molar-refractivity contribution in [3.63, 3.8) is 0 Å². The van der Waals surface area contributed by atoms with E-state index < -0.39 is 0 Å². The van der Waals surface area contributed by atoms with Gasteiger partial charge in [0, 0.05) is 6.42 Å².